The molecule has 0 amide bonds. The van der Waals surface area contributed by atoms with Gasteiger partial charge in [0.1, 0.15) is 0 Å². The Morgan fingerprint density at radius 1 is 0.500 bits per heavy atom. The van der Waals surface area contributed by atoms with E-state index in [1.54, 1.807) is 0 Å². The molecule has 0 nitrogen and oxygen atoms in total. The summed E-state index contributed by atoms with van der Waals surface area (Å²) in [4.78, 5) is 0. The van der Waals surface area contributed by atoms with Crippen LogP contribution in [0.3, 0.4) is 0 Å². The van der Waals surface area contributed by atoms with Crippen molar-refractivity contribution in [3.05, 3.63) is 130 Å². The fraction of sp³-hybridized carbons (Fsp3) is 0.143. The third kappa shape index (κ3) is 3.16. The molecule has 0 heteroatoms. The number of fused-ring (bicyclic) bond motifs is 3. The molecule has 4 aromatic rings. The van der Waals surface area contributed by atoms with Crippen LogP contribution in [0.15, 0.2) is 97.1 Å². The molecule has 0 fully saturated rings. The summed E-state index contributed by atoms with van der Waals surface area (Å²) in [7, 11) is 0. The van der Waals surface area contributed by atoms with Crippen molar-refractivity contribution in [3.63, 3.8) is 0 Å². The zero-order valence-electron chi connectivity index (χ0n) is 16.2. The maximum atomic E-state index is 2.42. The van der Waals surface area contributed by atoms with Crippen molar-refractivity contribution in [2.24, 2.45) is 0 Å². The molecule has 0 spiro atoms. The molecular formula is C28H24. The molecule has 4 aromatic carbocycles. The van der Waals surface area contributed by atoms with Gasteiger partial charge in [-0.3, -0.25) is 0 Å². The van der Waals surface area contributed by atoms with E-state index in [-0.39, 0.29) is 0 Å². The van der Waals surface area contributed by atoms with Crippen molar-refractivity contribution in [1.82, 2.24) is 0 Å². The molecule has 0 aromatic heterocycles. The Bertz CT molecular complexity index is 1020. The predicted molar refractivity (Wildman–Crippen MR) is 118 cm³/mol. The second-order valence-corrected chi connectivity index (χ2v) is 7.89. The maximum Gasteiger partial charge on any atom is 0.00735 e. The summed E-state index contributed by atoms with van der Waals surface area (Å²) in [6, 6.07) is 35.6. The second kappa shape index (κ2) is 7.13. The Hall–Kier alpha value is -3.12. The molecule has 0 N–H and O–H groups in total. The number of hydrogen-bond donors (Lipinski definition) is 0. The van der Waals surface area contributed by atoms with Gasteiger partial charge < -0.3 is 0 Å². The lowest BCUT2D eigenvalue weighted by Crippen LogP contribution is -1.94. The van der Waals surface area contributed by atoms with Gasteiger partial charge in [-0.05, 0) is 57.3 Å². The van der Waals surface area contributed by atoms with E-state index in [1.807, 2.05) is 0 Å². The van der Waals surface area contributed by atoms with Crippen LogP contribution in [0, 0.1) is 0 Å². The monoisotopic (exact) mass is 360 g/mol. The van der Waals surface area contributed by atoms with Gasteiger partial charge in [0.05, 0.1) is 0 Å². The van der Waals surface area contributed by atoms with Gasteiger partial charge in [-0.1, -0.05) is 104 Å². The van der Waals surface area contributed by atoms with Crippen molar-refractivity contribution in [1.29, 1.82) is 0 Å². The van der Waals surface area contributed by atoms with E-state index in [4.69, 9.17) is 0 Å². The van der Waals surface area contributed by atoms with E-state index < -0.39 is 0 Å². The molecule has 1 aliphatic carbocycles. The quantitative estimate of drug-likeness (QED) is 0.367. The number of hydrogen-bond acceptors (Lipinski definition) is 0. The third-order valence-electron chi connectivity index (χ3n) is 5.96. The van der Waals surface area contributed by atoms with Crippen LogP contribution in [-0.4, -0.2) is 0 Å². The maximum absolute atomic E-state index is 2.42. The lowest BCUT2D eigenvalue weighted by molar-refractivity contribution is 0.947. The first kappa shape index (κ1) is 17.0. The summed E-state index contributed by atoms with van der Waals surface area (Å²) in [5, 5.41) is 0. The van der Waals surface area contributed by atoms with Crippen LogP contribution in [0.2, 0.25) is 0 Å². The normalized spacial score (nSPS) is 12.6. The molecule has 0 unspecified atom stereocenters. The first-order chi connectivity index (χ1) is 13.8. The summed E-state index contributed by atoms with van der Waals surface area (Å²) < 4.78 is 0. The average molecular weight is 361 g/mol. The van der Waals surface area contributed by atoms with E-state index in [9.17, 15) is 0 Å². The van der Waals surface area contributed by atoms with Gasteiger partial charge in [-0.2, -0.15) is 0 Å². The Morgan fingerprint density at radius 3 is 1.36 bits per heavy atom. The van der Waals surface area contributed by atoms with Gasteiger partial charge in [0.25, 0.3) is 0 Å². The molecule has 0 radical (unpaired) electrons. The van der Waals surface area contributed by atoms with Crippen LogP contribution in [0.5, 0.6) is 0 Å². The number of rotatable bonds is 4. The summed E-state index contributed by atoms with van der Waals surface area (Å²) >= 11 is 0. The third-order valence-corrected chi connectivity index (χ3v) is 5.96. The molecule has 0 bridgehead atoms. The van der Waals surface area contributed by atoms with Gasteiger partial charge in [-0.15, -0.1) is 0 Å². The summed E-state index contributed by atoms with van der Waals surface area (Å²) in [5.41, 5.74) is 11.3. The highest BCUT2D eigenvalue weighted by molar-refractivity contribution is 5.79. The molecule has 0 saturated carbocycles. The van der Waals surface area contributed by atoms with E-state index in [2.05, 4.69) is 104 Å². The van der Waals surface area contributed by atoms with E-state index in [0.717, 1.165) is 12.8 Å². The summed E-state index contributed by atoms with van der Waals surface area (Å²) in [5.74, 6) is 0.455. The summed E-state index contributed by atoms with van der Waals surface area (Å²) in [6.07, 6.45) is 1.99. The predicted octanol–water partition coefficient (Wildman–Crippen LogP) is 7.00. The minimum absolute atomic E-state index is 0.455. The van der Waals surface area contributed by atoms with Gasteiger partial charge in [0.15, 0.2) is 0 Å². The molecule has 0 atom stereocenters. The first-order valence-electron chi connectivity index (χ1n) is 10.1. The molecule has 5 rings (SSSR count). The molecule has 28 heavy (non-hydrogen) atoms. The fourth-order valence-electron chi connectivity index (χ4n) is 4.48. The van der Waals surface area contributed by atoms with Crippen molar-refractivity contribution >= 4 is 0 Å². The van der Waals surface area contributed by atoms with Crippen molar-refractivity contribution in [2.45, 2.75) is 25.7 Å². The average Bonchev–Trinajstić information content (AvgIpc) is 3.01. The zero-order chi connectivity index (χ0) is 18.9. The first-order valence-corrected chi connectivity index (χ1v) is 10.1. The van der Waals surface area contributed by atoms with Crippen LogP contribution in [0.1, 0.15) is 46.2 Å². The number of benzene rings is 4. The smallest absolute Gasteiger partial charge is 0.00735 e. The van der Waals surface area contributed by atoms with Crippen LogP contribution in [0.25, 0.3) is 11.1 Å². The SMILES string of the molecule is CC1c2cc(Cc3ccccc3)ccc2-c2ccc(Cc3ccccc3)cc21. The van der Waals surface area contributed by atoms with Crippen molar-refractivity contribution in [2.75, 3.05) is 0 Å². The highest BCUT2D eigenvalue weighted by Gasteiger charge is 2.25. The molecule has 0 saturated heterocycles. The highest BCUT2D eigenvalue weighted by atomic mass is 14.3. The van der Waals surface area contributed by atoms with Gasteiger partial charge >= 0.3 is 0 Å². The minimum atomic E-state index is 0.455. The molecule has 0 aliphatic heterocycles. The topological polar surface area (TPSA) is 0 Å². The van der Waals surface area contributed by atoms with Crippen LogP contribution in [0.4, 0.5) is 0 Å². The van der Waals surface area contributed by atoms with Crippen LogP contribution >= 0.6 is 0 Å². The van der Waals surface area contributed by atoms with Crippen LogP contribution < -0.4 is 0 Å². The fourth-order valence-corrected chi connectivity index (χ4v) is 4.48. The largest absolute Gasteiger partial charge is 0.0622 e. The zero-order valence-corrected chi connectivity index (χ0v) is 16.2. The second-order valence-electron chi connectivity index (χ2n) is 7.89. The van der Waals surface area contributed by atoms with Crippen LogP contribution in [-0.2, 0) is 12.8 Å². The Labute approximate surface area is 167 Å². The Balaban J connectivity index is 1.45. The lowest BCUT2D eigenvalue weighted by atomic mass is 9.94. The van der Waals surface area contributed by atoms with Gasteiger partial charge in [0, 0.05) is 5.92 Å². The molecule has 136 valence electrons. The van der Waals surface area contributed by atoms with Crippen molar-refractivity contribution in [3.8, 4) is 11.1 Å². The standard InChI is InChI=1S/C28H24/c1-20-27-18-23(16-21-8-4-2-5-9-21)12-14-25(27)26-15-13-24(19-28(20)26)17-22-10-6-3-7-11-22/h2-15,18-20H,16-17H2,1H3. The van der Waals surface area contributed by atoms with Gasteiger partial charge in [-0.25, -0.2) is 0 Å². The van der Waals surface area contributed by atoms with E-state index >= 15 is 0 Å². The molecule has 1 aliphatic rings. The van der Waals surface area contributed by atoms with Gasteiger partial charge in [0.2, 0.25) is 0 Å². The minimum Gasteiger partial charge on any atom is -0.0622 e. The molecular weight excluding hydrogens is 336 g/mol. The highest BCUT2D eigenvalue weighted by Crippen LogP contribution is 2.45. The van der Waals surface area contributed by atoms with E-state index in [0.29, 0.717) is 5.92 Å². The lowest BCUT2D eigenvalue weighted by Gasteiger charge is -2.10. The van der Waals surface area contributed by atoms with Crippen molar-refractivity contribution < 1.29 is 0 Å². The Morgan fingerprint density at radius 2 is 0.929 bits per heavy atom. The Kier molecular flexibility index (Phi) is 4.33. The molecule has 0 heterocycles. The van der Waals surface area contributed by atoms with E-state index in [1.165, 1.54) is 44.5 Å². The summed E-state index contributed by atoms with van der Waals surface area (Å²) in [6.45, 7) is 2.35.